The van der Waals surface area contributed by atoms with Crippen LogP contribution in [0.2, 0.25) is 0 Å². The van der Waals surface area contributed by atoms with E-state index in [-0.39, 0.29) is 36.9 Å². The zero-order valence-electron chi connectivity index (χ0n) is 34.4. The summed E-state index contributed by atoms with van der Waals surface area (Å²) in [5, 5.41) is 20.6. The lowest BCUT2D eigenvalue weighted by atomic mass is 9.90. The quantitative estimate of drug-likeness (QED) is 0.0215. The Morgan fingerprint density at radius 1 is 0.754 bits per heavy atom. The predicted octanol–water partition coefficient (Wildman–Crippen LogP) is 9.43. The zero-order valence-corrected chi connectivity index (χ0v) is 35.3. The smallest absolute Gasteiger partial charge is 0.462 e. The van der Waals surface area contributed by atoms with Gasteiger partial charge in [0.25, 0.3) is 0 Å². The lowest BCUT2D eigenvalue weighted by Crippen LogP contribution is -2.29. The molecule has 0 heterocycles. The Balaban J connectivity index is 2.32. The molecule has 0 aromatic heterocycles. The fourth-order valence-electron chi connectivity index (χ4n) is 6.08. The van der Waals surface area contributed by atoms with Crippen molar-refractivity contribution in [1.82, 2.24) is 0 Å². The number of carbonyl (C=O) groups excluding carboxylic acids is 3. The molecule has 0 bridgehead atoms. The van der Waals surface area contributed by atoms with Crippen LogP contribution in [0.1, 0.15) is 136 Å². The van der Waals surface area contributed by atoms with E-state index in [0.717, 1.165) is 70.6 Å². The molecule has 0 aromatic rings. The number of Topliss-reactive ketones (excluding diaryl/α,β-unsaturated/α-hetero) is 1. The second kappa shape index (κ2) is 33.8. The number of phosphoric acid groups is 1. The van der Waals surface area contributed by atoms with Crippen molar-refractivity contribution in [2.45, 2.75) is 154 Å². The van der Waals surface area contributed by atoms with Gasteiger partial charge in [0, 0.05) is 31.1 Å². The van der Waals surface area contributed by atoms with Gasteiger partial charge in [-0.3, -0.25) is 18.9 Å². The monoisotopic (exact) mass is 818 g/mol. The van der Waals surface area contributed by atoms with E-state index in [1.807, 2.05) is 12.2 Å². The van der Waals surface area contributed by atoms with Crippen LogP contribution in [0.25, 0.3) is 0 Å². The highest BCUT2D eigenvalue weighted by Crippen LogP contribution is 2.36. The van der Waals surface area contributed by atoms with Gasteiger partial charge in [0.05, 0.1) is 18.8 Å². The van der Waals surface area contributed by atoms with E-state index in [4.69, 9.17) is 19.3 Å². The molecular weight excluding hydrogens is 747 g/mol. The standard InChI is InChI=1S/C45H71O11P/c1-3-5-7-8-9-10-11-12-13-14-15-16-17-18-19-20-21-22-27-31-44(49)54-36-39(37-55-57(51,52)53)56-45(50)32-28-24-23-26-30-40-41(43(48)35-42(40)47)34-33-38(46)29-25-6-4-2/h5,7,9-10,12-13,15-16,18-19,23,26,33-34,38-41,43,46,48H,3-4,6,8,11,14,17,20-22,24-25,27-32,35-37H2,1-2H3,(H2,51,52,53)/b7-5-,10-9-,13-12-,16-15-,19-18-,26-23-,34-33+/t38-,39+,40+,41+,43+/m0/s1. The number of ketones is 1. The molecule has 0 aliphatic heterocycles. The number of hydrogen-bond acceptors (Lipinski definition) is 9. The molecule has 0 spiro atoms. The molecule has 0 aromatic carbocycles. The van der Waals surface area contributed by atoms with Crippen molar-refractivity contribution in [2.75, 3.05) is 13.2 Å². The molecular formula is C45H71O11P. The number of hydrogen-bond donors (Lipinski definition) is 4. The number of rotatable bonds is 33. The van der Waals surface area contributed by atoms with E-state index < -0.39 is 51.3 Å². The molecule has 0 unspecified atom stereocenters. The number of ether oxygens (including phenoxy) is 2. The number of aliphatic hydroxyl groups is 2. The van der Waals surface area contributed by atoms with E-state index in [0.29, 0.717) is 32.1 Å². The maximum atomic E-state index is 12.5. The number of esters is 2. The highest BCUT2D eigenvalue weighted by atomic mass is 31.2. The fourth-order valence-corrected chi connectivity index (χ4v) is 6.45. The third kappa shape index (κ3) is 29.7. The van der Waals surface area contributed by atoms with Crippen LogP contribution in [0, 0.1) is 11.8 Å². The summed E-state index contributed by atoms with van der Waals surface area (Å²) in [6.45, 7) is 3.20. The van der Waals surface area contributed by atoms with E-state index >= 15 is 0 Å². The summed E-state index contributed by atoms with van der Waals surface area (Å²) in [7, 11) is -4.84. The molecule has 57 heavy (non-hydrogen) atoms. The minimum atomic E-state index is -4.84. The van der Waals surface area contributed by atoms with Crippen molar-refractivity contribution < 1.29 is 52.9 Å². The summed E-state index contributed by atoms with van der Waals surface area (Å²) in [5.41, 5.74) is 0. The Morgan fingerprint density at radius 3 is 1.98 bits per heavy atom. The molecule has 0 saturated heterocycles. The third-order valence-electron chi connectivity index (χ3n) is 9.27. The maximum Gasteiger partial charge on any atom is 0.469 e. The highest BCUT2D eigenvalue weighted by Gasteiger charge is 2.39. The van der Waals surface area contributed by atoms with Crippen molar-refractivity contribution >= 4 is 25.5 Å². The minimum absolute atomic E-state index is 0.00490. The summed E-state index contributed by atoms with van der Waals surface area (Å²) in [4.78, 5) is 55.6. The minimum Gasteiger partial charge on any atom is -0.462 e. The molecule has 1 fully saturated rings. The van der Waals surface area contributed by atoms with Crippen LogP contribution in [0.15, 0.2) is 85.1 Å². The Kier molecular flexibility index (Phi) is 30.7. The van der Waals surface area contributed by atoms with Gasteiger partial charge >= 0.3 is 19.8 Å². The summed E-state index contributed by atoms with van der Waals surface area (Å²) in [6, 6.07) is 0. The first-order valence-electron chi connectivity index (χ1n) is 21.0. The van der Waals surface area contributed by atoms with Crippen molar-refractivity contribution in [3.8, 4) is 0 Å². The first-order valence-corrected chi connectivity index (χ1v) is 22.5. The Labute approximate surface area is 342 Å². The summed E-state index contributed by atoms with van der Waals surface area (Å²) in [6.07, 6.45) is 39.5. The molecule has 5 atom stereocenters. The molecule has 322 valence electrons. The topological polar surface area (TPSA) is 177 Å². The van der Waals surface area contributed by atoms with E-state index in [1.54, 1.807) is 12.2 Å². The summed E-state index contributed by atoms with van der Waals surface area (Å²) < 4.78 is 26.3. The maximum absolute atomic E-state index is 12.5. The highest BCUT2D eigenvalue weighted by molar-refractivity contribution is 7.46. The van der Waals surface area contributed by atoms with Crippen LogP contribution in [0.5, 0.6) is 0 Å². The molecule has 4 N–H and O–H groups in total. The third-order valence-corrected chi connectivity index (χ3v) is 9.75. The van der Waals surface area contributed by atoms with Gasteiger partial charge in [0.2, 0.25) is 0 Å². The normalized spacial score (nSPS) is 19.2. The molecule has 1 rings (SSSR count). The molecule has 11 nitrogen and oxygen atoms in total. The fraction of sp³-hybridized carbons (Fsp3) is 0.622. The van der Waals surface area contributed by atoms with Crippen molar-refractivity contribution in [1.29, 1.82) is 0 Å². The van der Waals surface area contributed by atoms with Gasteiger partial charge in [-0.25, -0.2) is 4.57 Å². The SMILES string of the molecule is CC/C=C\C/C=C\C/C=C\C/C=C\C/C=C\CCCCCC(=O)OC[C@H](COP(=O)(O)O)OC(=O)CCC/C=C\C[C@H]1C(=O)C[C@@H](O)[C@@H]1/C=C/[C@@H](O)CCCCC. The largest absolute Gasteiger partial charge is 0.469 e. The van der Waals surface area contributed by atoms with Gasteiger partial charge in [-0.1, -0.05) is 125 Å². The molecule has 0 radical (unpaired) electrons. The zero-order chi connectivity index (χ0) is 42.0. The predicted molar refractivity (Wildman–Crippen MR) is 226 cm³/mol. The van der Waals surface area contributed by atoms with Crippen molar-refractivity contribution in [3.05, 3.63) is 85.1 Å². The Hall–Kier alpha value is -3.18. The van der Waals surface area contributed by atoms with Gasteiger partial charge in [-0.05, 0) is 77.0 Å². The van der Waals surface area contributed by atoms with Gasteiger partial charge < -0.3 is 29.5 Å². The molecule has 12 heteroatoms. The average Bonchev–Trinajstić information content (AvgIpc) is 3.44. The van der Waals surface area contributed by atoms with Gasteiger partial charge in [-0.2, -0.15) is 0 Å². The Morgan fingerprint density at radius 2 is 1.35 bits per heavy atom. The molecule has 1 aliphatic carbocycles. The van der Waals surface area contributed by atoms with Gasteiger partial charge in [0.1, 0.15) is 12.4 Å². The van der Waals surface area contributed by atoms with E-state index in [1.165, 1.54) is 0 Å². The van der Waals surface area contributed by atoms with Crippen LogP contribution in [-0.2, 0) is 32.9 Å². The van der Waals surface area contributed by atoms with Crippen molar-refractivity contribution in [2.24, 2.45) is 11.8 Å². The number of carbonyl (C=O) groups is 3. The second-order valence-electron chi connectivity index (χ2n) is 14.4. The average molecular weight is 819 g/mol. The van der Waals surface area contributed by atoms with Crippen molar-refractivity contribution in [3.63, 3.8) is 0 Å². The number of phosphoric ester groups is 1. The van der Waals surface area contributed by atoms with E-state index in [2.05, 4.69) is 79.1 Å². The lowest BCUT2D eigenvalue weighted by Gasteiger charge is -2.18. The van der Waals surface area contributed by atoms with Crippen LogP contribution in [0.4, 0.5) is 0 Å². The van der Waals surface area contributed by atoms with E-state index in [9.17, 15) is 29.2 Å². The van der Waals surface area contributed by atoms with Crippen LogP contribution in [0.3, 0.4) is 0 Å². The molecule has 0 amide bonds. The lowest BCUT2D eigenvalue weighted by molar-refractivity contribution is -0.161. The second-order valence-corrected chi connectivity index (χ2v) is 15.6. The van der Waals surface area contributed by atoms with Crippen LogP contribution < -0.4 is 0 Å². The summed E-state index contributed by atoms with van der Waals surface area (Å²) >= 11 is 0. The van der Waals surface area contributed by atoms with Gasteiger partial charge in [-0.15, -0.1) is 0 Å². The first kappa shape index (κ1) is 51.8. The number of unbranched alkanes of at least 4 members (excludes halogenated alkanes) is 6. The first-order chi connectivity index (χ1) is 27.5. The Bertz CT molecular complexity index is 1360. The number of aliphatic hydroxyl groups excluding tert-OH is 2. The number of allylic oxidation sites excluding steroid dienone is 12. The van der Waals surface area contributed by atoms with Crippen LogP contribution in [-0.4, -0.2) is 69.2 Å². The van der Waals surface area contributed by atoms with Gasteiger partial charge in [0.15, 0.2) is 6.10 Å². The molecule has 1 saturated carbocycles. The summed E-state index contributed by atoms with van der Waals surface area (Å²) in [5.74, 6) is -1.90. The van der Waals surface area contributed by atoms with Crippen LogP contribution >= 0.6 is 7.82 Å². The molecule has 1 aliphatic rings.